The Kier molecular flexibility index (Phi) is 9.87. The number of ketones is 2. The monoisotopic (exact) mass is 386 g/mol. The number of Topliss-reactive ketones (excluding diaryl/α,β-unsaturated/α-hetero) is 1. The zero-order valence-corrected chi connectivity index (χ0v) is 17.1. The van der Waals surface area contributed by atoms with Gasteiger partial charge in [-0.15, -0.1) is 0 Å². The molecule has 2 unspecified atom stereocenters. The smallest absolute Gasteiger partial charge is 0.328 e. The van der Waals surface area contributed by atoms with Crippen molar-refractivity contribution in [2.75, 3.05) is 5.75 Å². The third-order valence-corrected chi connectivity index (χ3v) is 8.17. The highest BCUT2D eigenvalue weighted by atomic mass is 33.1. The molecule has 0 aromatic heterocycles. The van der Waals surface area contributed by atoms with Gasteiger partial charge >= 0.3 is 5.97 Å². The van der Waals surface area contributed by atoms with Crippen molar-refractivity contribution in [1.82, 2.24) is 0 Å². The third-order valence-electron chi connectivity index (χ3n) is 4.81. The predicted octanol–water partition coefficient (Wildman–Crippen LogP) is 4.92. The van der Waals surface area contributed by atoms with Crippen LogP contribution in [0.5, 0.6) is 0 Å². The molecule has 3 atom stereocenters. The molecular weight excluding hydrogens is 356 g/mol. The van der Waals surface area contributed by atoms with Gasteiger partial charge in [0.05, 0.1) is 0 Å². The van der Waals surface area contributed by atoms with E-state index in [-0.39, 0.29) is 23.4 Å². The van der Waals surface area contributed by atoms with E-state index in [0.29, 0.717) is 24.0 Å². The molecule has 1 saturated heterocycles. The average Bonchev–Trinajstić information content (AvgIpc) is 3.00. The number of carboxylic acids is 1. The first-order chi connectivity index (χ1) is 11.7. The van der Waals surface area contributed by atoms with Crippen LogP contribution in [-0.2, 0) is 14.4 Å². The standard InChI is InChI=1S/C19H30O4S2/c1-14(7-8-15(2)17(21)9-10-18(22)23)16(20)6-4-5-11-19(3)12-13-24-25-19/h9-10,14-15H,4-8,11-13H2,1-3H3,(H,22,23)/b10-9+/t14?,15?,19-/m1/s1. The van der Waals surface area contributed by atoms with Crippen LogP contribution in [0.3, 0.4) is 0 Å². The van der Waals surface area contributed by atoms with Gasteiger partial charge in [-0.05, 0) is 45.1 Å². The van der Waals surface area contributed by atoms with Gasteiger partial charge in [-0.3, -0.25) is 9.59 Å². The van der Waals surface area contributed by atoms with Crippen LogP contribution in [0.15, 0.2) is 12.2 Å². The Bertz CT molecular complexity index is 496. The lowest BCUT2D eigenvalue weighted by Crippen LogP contribution is -2.17. The summed E-state index contributed by atoms with van der Waals surface area (Å²) in [4.78, 5) is 34.4. The minimum Gasteiger partial charge on any atom is -0.478 e. The molecule has 0 saturated carbocycles. The highest BCUT2D eigenvalue weighted by Gasteiger charge is 2.29. The molecule has 1 heterocycles. The summed E-state index contributed by atoms with van der Waals surface area (Å²) in [5.74, 6) is -0.0853. The fourth-order valence-corrected chi connectivity index (χ4v) is 6.11. The number of hydrogen-bond donors (Lipinski definition) is 1. The molecule has 25 heavy (non-hydrogen) atoms. The van der Waals surface area contributed by atoms with Crippen molar-refractivity contribution in [1.29, 1.82) is 0 Å². The van der Waals surface area contributed by atoms with Crippen molar-refractivity contribution < 1.29 is 19.5 Å². The van der Waals surface area contributed by atoms with Gasteiger partial charge in [0.15, 0.2) is 5.78 Å². The lowest BCUT2D eigenvalue weighted by molar-refractivity contribution is -0.131. The number of rotatable bonds is 12. The van der Waals surface area contributed by atoms with E-state index >= 15 is 0 Å². The minimum atomic E-state index is -1.12. The second-order valence-electron chi connectivity index (χ2n) is 7.23. The zero-order chi connectivity index (χ0) is 18.9. The summed E-state index contributed by atoms with van der Waals surface area (Å²) in [6.45, 7) is 6.03. The molecule has 1 N–H and O–H groups in total. The summed E-state index contributed by atoms with van der Waals surface area (Å²) >= 11 is 0. The molecule has 0 aromatic rings. The number of carbonyl (C=O) groups is 3. The van der Waals surface area contributed by atoms with E-state index in [4.69, 9.17) is 5.11 Å². The van der Waals surface area contributed by atoms with E-state index < -0.39 is 5.97 Å². The third kappa shape index (κ3) is 8.95. The van der Waals surface area contributed by atoms with Gasteiger partial charge in [0, 0.05) is 34.8 Å². The molecule has 0 aromatic carbocycles. The lowest BCUT2D eigenvalue weighted by atomic mass is 9.90. The van der Waals surface area contributed by atoms with Gasteiger partial charge in [-0.1, -0.05) is 41.9 Å². The van der Waals surface area contributed by atoms with Crippen LogP contribution in [0.2, 0.25) is 0 Å². The Balaban J connectivity index is 2.20. The van der Waals surface area contributed by atoms with Crippen molar-refractivity contribution in [3.8, 4) is 0 Å². The molecule has 6 heteroatoms. The van der Waals surface area contributed by atoms with Gasteiger partial charge in [-0.2, -0.15) is 0 Å². The van der Waals surface area contributed by atoms with Gasteiger partial charge in [0.1, 0.15) is 5.78 Å². The van der Waals surface area contributed by atoms with E-state index in [9.17, 15) is 14.4 Å². The van der Waals surface area contributed by atoms with Crippen LogP contribution in [-0.4, -0.2) is 33.1 Å². The molecule has 1 fully saturated rings. The van der Waals surface area contributed by atoms with E-state index in [0.717, 1.165) is 25.0 Å². The van der Waals surface area contributed by atoms with Crippen LogP contribution >= 0.6 is 21.6 Å². The molecule has 0 spiro atoms. The molecule has 142 valence electrons. The second-order valence-corrected chi connectivity index (χ2v) is 10.2. The van der Waals surface area contributed by atoms with E-state index in [2.05, 4.69) is 6.92 Å². The Morgan fingerprint density at radius 2 is 1.80 bits per heavy atom. The normalized spacial score (nSPS) is 22.8. The summed E-state index contributed by atoms with van der Waals surface area (Å²) in [6, 6.07) is 0. The Hall–Kier alpha value is -0.750. The molecule has 0 bridgehead atoms. The van der Waals surface area contributed by atoms with Crippen LogP contribution in [0, 0.1) is 11.8 Å². The van der Waals surface area contributed by atoms with Crippen LogP contribution in [0.4, 0.5) is 0 Å². The van der Waals surface area contributed by atoms with Gasteiger partial charge in [-0.25, -0.2) is 4.79 Å². The highest BCUT2D eigenvalue weighted by Crippen LogP contribution is 2.49. The van der Waals surface area contributed by atoms with Crippen molar-refractivity contribution >= 4 is 39.1 Å². The fourth-order valence-electron chi connectivity index (χ4n) is 2.82. The Morgan fingerprint density at radius 1 is 1.12 bits per heavy atom. The molecule has 0 radical (unpaired) electrons. The average molecular weight is 387 g/mol. The summed E-state index contributed by atoms with van der Waals surface area (Å²) in [6.07, 6.45) is 8.36. The van der Waals surface area contributed by atoms with Crippen LogP contribution in [0.25, 0.3) is 0 Å². The SMILES string of the molecule is CC(CCC(C)C(=O)CCCC[C@]1(C)CCSS1)C(=O)/C=C/C(=O)O. The second kappa shape index (κ2) is 11.1. The number of carboxylic acid groups (broad SMARTS) is 1. The first kappa shape index (κ1) is 22.3. The van der Waals surface area contributed by atoms with Crippen LogP contribution < -0.4 is 0 Å². The van der Waals surface area contributed by atoms with Crippen LogP contribution in [0.1, 0.15) is 65.7 Å². The maximum atomic E-state index is 12.2. The molecule has 1 aliphatic rings. The maximum absolute atomic E-state index is 12.2. The molecular formula is C19H30O4S2. The predicted molar refractivity (Wildman–Crippen MR) is 106 cm³/mol. The van der Waals surface area contributed by atoms with Gasteiger partial charge in [0.2, 0.25) is 0 Å². The number of hydrogen-bond acceptors (Lipinski definition) is 5. The minimum absolute atomic E-state index is 0.0364. The number of allylic oxidation sites excluding steroid dienone is 1. The van der Waals surface area contributed by atoms with Crippen molar-refractivity contribution in [3.63, 3.8) is 0 Å². The Labute approximate surface area is 159 Å². The molecule has 0 amide bonds. The molecule has 1 rings (SSSR count). The van der Waals surface area contributed by atoms with Crippen molar-refractivity contribution in [3.05, 3.63) is 12.2 Å². The van der Waals surface area contributed by atoms with E-state index in [1.165, 1.54) is 18.6 Å². The Morgan fingerprint density at radius 3 is 2.40 bits per heavy atom. The summed E-state index contributed by atoms with van der Waals surface area (Å²) < 4.78 is 0.387. The first-order valence-electron chi connectivity index (χ1n) is 9.02. The van der Waals surface area contributed by atoms with E-state index in [1.807, 2.05) is 28.5 Å². The molecule has 0 aliphatic carbocycles. The number of carbonyl (C=O) groups excluding carboxylic acids is 2. The largest absolute Gasteiger partial charge is 0.478 e. The fraction of sp³-hybridized carbons (Fsp3) is 0.737. The number of aliphatic carboxylic acids is 1. The first-order valence-corrected chi connectivity index (χ1v) is 11.3. The van der Waals surface area contributed by atoms with Crippen molar-refractivity contribution in [2.45, 2.75) is 70.5 Å². The summed E-state index contributed by atoms with van der Waals surface area (Å²) in [5.41, 5.74) is 0. The maximum Gasteiger partial charge on any atom is 0.328 e. The van der Waals surface area contributed by atoms with E-state index in [1.54, 1.807) is 6.92 Å². The van der Waals surface area contributed by atoms with Gasteiger partial charge in [0.25, 0.3) is 0 Å². The summed E-state index contributed by atoms with van der Waals surface area (Å²) in [5, 5.41) is 8.54. The number of unbranched alkanes of at least 4 members (excludes halogenated alkanes) is 1. The lowest BCUT2D eigenvalue weighted by Gasteiger charge is -2.21. The topological polar surface area (TPSA) is 71.4 Å². The highest BCUT2D eigenvalue weighted by molar-refractivity contribution is 8.77. The molecule has 4 nitrogen and oxygen atoms in total. The summed E-state index contributed by atoms with van der Waals surface area (Å²) in [7, 11) is 3.94. The zero-order valence-electron chi connectivity index (χ0n) is 15.5. The van der Waals surface area contributed by atoms with Crippen molar-refractivity contribution in [2.24, 2.45) is 11.8 Å². The molecule has 1 aliphatic heterocycles. The quantitative estimate of drug-likeness (QED) is 0.291. The van der Waals surface area contributed by atoms with Gasteiger partial charge < -0.3 is 5.11 Å².